The summed E-state index contributed by atoms with van der Waals surface area (Å²) >= 11 is 1.42. The fourth-order valence-electron chi connectivity index (χ4n) is 2.42. The summed E-state index contributed by atoms with van der Waals surface area (Å²) in [4.78, 5) is 40.1. The van der Waals surface area contributed by atoms with Gasteiger partial charge in [0.25, 0.3) is 0 Å². The quantitative estimate of drug-likeness (QED) is 0.543. The first-order valence-electron chi connectivity index (χ1n) is 8.04. The van der Waals surface area contributed by atoms with Gasteiger partial charge in [-0.2, -0.15) is 0 Å². The van der Waals surface area contributed by atoms with E-state index in [-0.39, 0.29) is 31.0 Å². The standard InChI is InChI=1S/C15H20N4O4S/c20-12-3-4-13(21)19(12)6-8-23-7-5-16-14(22)18-15-17-11(9-24-15)10-1-2-10/h9-10H,1-8H2,(H2,16,17,18,22). The largest absolute Gasteiger partial charge is 0.378 e. The Balaban J connectivity index is 1.25. The molecule has 0 aromatic carbocycles. The number of anilines is 1. The van der Waals surface area contributed by atoms with Crippen LogP contribution in [0.3, 0.4) is 0 Å². The van der Waals surface area contributed by atoms with Gasteiger partial charge >= 0.3 is 6.03 Å². The molecule has 2 N–H and O–H groups in total. The molecule has 0 unspecified atom stereocenters. The summed E-state index contributed by atoms with van der Waals surface area (Å²) in [5.41, 5.74) is 1.06. The molecule has 2 aliphatic rings. The van der Waals surface area contributed by atoms with E-state index >= 15 is 0 Å². The number of nitrogens with one attached hydrogen (secondary N) is 2. The van der Waals surface area contributed by atoms with Crippen LogP contribution in [-0.4, -0.2) is 54.0 Å². The van der Waals surface area contributed by atoms with E-state index in [9.17, 15) is 14.4 Å². The minimum Gasteiger partial charge on any atom is -0.378 e. The summed E-state index contributed by atoms with van der Waals surface area (Å²) in [5.74, 6) is 0.285. The Kier molecular flexibility index (Phi) is 5.41. The van der Waals surface area contributed by atoms with Crippen molar-refractivity contribution in [2.75, 3.05) is 31.6 Å². The predicted octanol–water partition coefficient (Wildman–Crippen LogP) is 1.31. The molecule has 130 valence electrons. The topological polar surface area (TPSA) is 101 Å². The number of carbonyl (C=O) groups excluding carboxylic acids is 3. The molecule has 9 heteroatoms. The van der Waals surface area contributed by atoms with Gasteiger partial charge in [-0.1, -0.05) is 0 Å². The third-order valence-corrected chi connectivity index (χ3v) is 4.66. The Hall–Kier alpha value is -2.00. The predicted molar refractivity (Wildman–Crippen MR) is 87.9 cm³/mol. The van der Waals surface area contributed by atoms with Crippen LogP contribution in [0.2, 0.25) is 0 Å². The zero-order valence-corrected chi connectivity index (χ0v) is 14.1. The van der Waals surface area contributed by atoms with Crippen molar-refractivity contribution in [1.29, 1.82) is 0 Å². The molecule has 1 aliphatic carbocycles. The van der Waals surface area contributed by atoms with Crippen LogP contribution in [0.5, 0.6) is 0 Å². The van der Waals surface area contributed by atoms with Crippen molar-refractivity contribution in [2.45, 2.75) is 31.6 Å². The molecule has 1 aromatic heterocycles. The Morgan fingerprint density at radius 3 is 2.75 bits per heavy atom. The number of hydrogen-bond donors (Lipinski definition) is 2. The van der Waals surface area contributed by atoms with Gasteiger partial charge in [-0.25, -0.2) is 9.78 Å². The number of hydrogen-bond acceptors (Lipinski definition) is 6. The van der Waals surface area contributed by atoms with E-state index in [0.717, 1.165) is 5.69 Å². The lowest BCUT2D eigenvalue weighted by atomic mass is 10.3. The molecule has 1 aromatic rings. The number of aromatic nitrogens is 1. The second-order valence-electron chi connectivity index (χ2n) is 5.78. The molecule has 1 aliphatic heterocycles. The third-order valence-electron chi connectivity index (χ3n) is 3.88. The van der Waals surface area contributed by atoms with Crippen LogP contribution >= 0.6 is 11.3 Å². The van der Waals surface area contributed by atoms with Gasteiger partial charge < -0.3 is 10.1 Å². The first kappa shape index (κ1) is 16.8. The summed E-state index contributed by atoms with van der Waals surface area (Å²) < 4.78 is 5.34. The number of thiazole rings is 1. The first-order valence-corrected chi connectivity index (χ1v) is 8.92. The van der Waals surface area contributed by atoms with Crippen molar-refractivity contribution < 1.29 is 19.1 Å². The van der Waals surface area contributed by atoms with Crippen molar-refractivity contribution in [3.63, 3.8) is 0 Å². The molecule has 8 nitrogen and oxygen atoms in total. The van der Waals surface area contributed by atoms with Crippen LogP contribution in [-0.2, 0) is 14.3 Å². The highest BCUT2D eigenvalue weighted by Gasteiger charge is 2.28. The highest BCUT2D eigenvalue weighted by atomic mass is 32.1. The highest BCUT2D eigenvalue weighted by molar-refractivity contribution is 7.13. The maximum atomic E-state index is 11.7. The Morgan fingerprint density at radius 1 is 1.29 bits per heavy atom. The molecule has 0 atom stereocenters. The summed E-state index contributed by atoms with van der Waals surface area (Å²) in [6, 6.07) is -0.319. The summed E-state index contributed by atoms with van der Waals surface area (Å²) in [6.45, 7) is 1.20. The van der Waals surface area contributed by atoms with Crippen molar-refractivity contribution in [3.8, 4) is 0 Å². The average Bonchev–Trinajstić information content (AvgIpc) is 3.23. The monoisotopic (exact) mass is 352 g/mol. The molecule has 3 rings (SSSR count). The maximum Gasteiger partial charge on any atom is 0.321 e. The number of likely N-dealkylation sites (tertiary alicyclic amines) is 1. The van der Waals surface area contributed by atoms with Crippen LogP contribution in [0.15, 0.2) is 5.38 Å². The average molecular weight is 352 g/mol. The van der Waals surface area contributed by atoms with Gasteiger partial charge in [-0.05, 0) is 12.8 Å². The number of carbonyl (C=O) groups is 3. The Morgan fingerprint density at radius 2 is 2.04 bits per heavy atom. The lowest BCUT2D eigenvalue weighted by Gasteiger charge is -2.13. The Labute approximate surface area is 143 Å². The first-order chi connectivity index (χ1) is 11.6. The Bertz CT molecular complexity index is 613. The minimum absolute atomic E-state index is 0.143. The van der Waals surface area contributed by atoms with Crippen molar-refractivity contribution in [2.24, 2.45) is 0 Å². The molecule has 1 saturated heterocycles. The van der Waals surface area contributed by atoms with Gasteiger partial charge in [0.1, 0.15) is 0 Å². The maximum absolute atomic E-state index is 11.7. The van der Waals surface area contributed by atoms with Crippen molar-refractivity contribution in [1.82, 2.24) is 15.2 Å². The van der Waals surface area contributed by atoms with Gasteiger partial charge in [0.05, 0.1) is 25.5 Å². The molecular formula is C15H20N4O4S. The van der Waals surface area contributed by atoms with Gasteiger partial charge in [-0.3, -0.25) is 19.8 Å². The number of nitrogens with zero attached hydrogens (tertiary/aromatic N) is 2. The number of rotatable bonds is 8. The van der Waals surface area contributed by atoms with Gasteiger partial charge in [0.2, 0.25) is 11.8 Å². The van der Waals surface area contributed by atoms with Crippen molar-refractivity contribution >= 4 is 34.3 Å². The van der Waals surface area contributed by atoms with Crippen LogP contribution in [0.1, 0.15) is 37.3 Å². The molecular weight excluding hydrogens is 332 g/mol. The zero-order valence-electron chi connectivity index (χ0n) is 13.2. The second kappa shape index (κ2) is 7.71. The van der Waals surface area contributed by atoms with E-state index in [4.69, 9.17) is 4.74 Å². The van der Waals surface area contributed by atoms with Gasteiger partial charge in [0, 0.05) is 30.7 Å². The third kappa shape index (κ3) is 4.51. The van der Waals surface area contributed by atoms with E-state index < -0.39 is 0 Å². The molecule has 2 fully saturated rings. The molecule has 2 heterocycles. The van der Waals surface area contributed by atoms with Crippen LogP contribution in [0, 0.1) is 0 Å². The molecule has 0 spiro atoms. The highest BCUT2D eigenvalue weighted by Crippen LogP contribution is 2.40. The normalized spacial score (nSPS) is 17.4. The molecule has 1 saturated carbocycles. The minimum atomic E-state index is -0.319. The zero-order chi connectivity index (χ0) is 16.9. The van der Waals surface area contributed by atoms with E-state index in [2.05, 4.69) is 15.6 Å². The molecule has 4 amide bonds. The number of urea groups is 1. The lowest BCUT2D eigenvalue weighted by molar-refractivity contribution is -0.139. The van der Waals surface area contributed by atoms with Gasteiger partial charge in [-0.15, -0.1) is 11.3 Å². The van der Waals surface area contributed by atoms with E-state index in [0.29, 0.717) is 37.0 Å². The van der Waals surface area contributed by atoms with E-state index in [1.165, 1.54) is 29.1 Å². The van der Waals surface area contributed by atoms with Crippen LogP contribution in [0.25, 0.3) is 0 Å². The lowest BCUT2D eigenvalue weighted by Crippen LogP contribution is -2.34. The van der Waals surface area contributed by atoms with Crippen LogP contribution in [0.4, 0.5) is 9.93 Å². The van der Waals surface area contributed by atoms with Crippen LogP contribution < -0.4 is 10.6 Å². The SMILES string of the molecule is O=C(NCCOCCN1C(=O)CCC1=O)Nc1nc(C2CC2)cs1. The van der Waals surface area contributed by atoms with Crippen molar-refractivity contribution in [3.05, 3.63) is 11.1 Å². The van der Waals surface area contributed by atoms with Gasteiger partial charge in [0.15, 0.2) is 5.13 Å². The van der Waals surface area contributed by atoms with E-state index in [1.54, 1.807) is 0 Å². The fraction of sp³-hybridized carbons (Fsp3) is 0.600. The smallest absolute Gasteiger partial charge is 0.321 e. The second-order valence-corrected chi connectivity index (χ2v) is 6.64. The molecule has 0 bridgehead atoms. The molecule has 24 heavy (non-hydrogen) atoms. The summed E-state index contributed by atoms with van der Waals surface area (Å²) in [7, 11) is 0. The number of imide groups is 1. The number of ether oxygens (including phenoxy) is 1. The fourth-order valence-corrected chi connectivity index (χ4v) is 3.21. The van der Waals surface area contributed by atoms with E-state index in [1.807, 2.05) is 5.38 Å². The number of amides is 4. The molecule has 0 radical (unpaired) electrons. The summed E-state index contributed by atoms with van der Waals surface area (Å²) in [5, 5.41) is 7.95. The summed E-state index contributed by atoms with van der Waals surface area (Å²) in [6.07, 6.45) is 2.95.